The second kappa shape index (κ2) is 10.0. The molecule has 0 aliphatic heterocycles. The Morgan fingerprint density at radius 3 is 2.47 bits per heavy atom. The van der Waals surface area contributed by atoms with E-state index in [4.69, 9.17) is 16.2 Å². The maximum atomic E-state index is 11.6. The lowest BCUT2D eigenvalue weighted by Crippen LogP contribution is -2.42. The maximum absolute atomic E-state index is 11.6. The van der Waals surface area contributed by atoms with Crippen molar-refractivity contribution in [1.29, 1.82) is 0 Å². The van der Waals surface area contributed by atoms with Crippen molar-refractivity contribution in [3.63, 3.8) is 0 Å². The average Bonchev–Trinajstić information content (AvgIpc) is 2.28. The van der Waals surface area contributed by atoms with Crippen molar-refractivity contribution >= 4 is 11.9 Å². The van der Waals surface area contributed by atoms with Crippen LogP contribution in [0.15, 0.2) is 0 Å². The lowest BCUT2D eigenvalue weighted by atomic mass is 10.1. The second-order valence-corrected chi connectivity index (χ2v) is 3.70. The molecule has 0 aromatic carbocycles. The van der Waals surface area contributed by atoms with Crippen molar-refractivity contribution in [1.82, 2.24) is 5.32 Å². The number of esters is 1. The van der Waals surface area contributed by atoms with Gasteiger partial charge in [-0.2, -0.15) is 0 Å². The van der Waals surface area contributed by atoms with E-state index in [0.717, 1.165) is 12.8 Å². The predicted molar refractivity (Wildman–Crippen MR) is 65.1 cm³/mol. The molecule has 5 N–H and O–H groups in total. The Morgan fingerprint density at radius 1 is 1.24 bits per heavy atom. The number of amides is 1. The molecule has 0 aromatic heterocycles. The zero-order valence-electron chi connectivity index (χ0n) is 10.4. The molecule has 0 aliphatic rings. The number of nitrogens with two attached hydrogens (primary N) is 2. The van der Waals surface area contributed by atoms with Gasteiger partial charge in [0.2, 0.25) is 5.91 Å². The Kier molecular flexibility index (Phi) is 9.37. The standard InChI is InChI=1S/C11H23N3O3/c1-2-17-11(16)9(5-3-4-7-12)14-10(15)6-8-13/h9H,2-8,12-13H2,1H3,(H,14,15)/t9-/m0/s1. The third kappa shape index (κ3) is 7.70. The highest BCUT2D eigenvalue weighted by atomic mass is 16.5. The van der Waals surface area contributed by atoms with Crippen molar-refractivity contribution in [2.45, 2.75) is 38.6 Å². The highest BCUT2D eigenvalue weighted by molar-refractivity contribution is 5.84. The molecule has 100 valence electrons. The molecule has 6 nitrogen and oxygen atoms in total. The molecule has 0 fully saturated rings. The lowest BCUT2D eigenvalue weighted by Gasteiger charge is -2.16. The molecule has 0 unspecified atom stereocenters. The largest absolute Gasteiger partial charge is 0.464 e. The first-order chi connectivity index (χ1) is 8.15. The minimum atomic E-state index is -0.583. The van der Waals surface area contributed by atoms with Crippen LogP contribution in [0.5, 0.6) is 0 Å². The van der Waals surface area contributed by atoms with Gasteiger partial charge in [0.25, 0.3) is 0 Å². The van der Waals surface area contributed by atoms with E-state index in [-0.39, 0.29) is 18.9 Å². The molecule has 0 rings (SSSR count). The Hall–Kier alpha value is -1.14. The number of rotatable bonds is 9. The molecule has 0 saturated heterocycles. The molecule has 0 heterocycles. The van der Waals surface area contributed by atoms with Crippen LogP contribution in [-0.2, 0) is 14.3 Å². The highest BCUT2D eigenvalue weighted by Gasteiger charge is 2.20. The summed E-state index contributed by atoms with van der Waals surface area (Å²) in [6.45, 7) is 2.88. The number of hydrogen-bond donors (Lipinski definition) is 3. The molecule has 0 aromatic rings. The minimum absolute atomic E-state index is 0.215. The van der Waals surface area contributed by atoms with Gasteiger partial charge in [0.05, 0.1) is 6.61 Å². The van der Waals surface area contributed by atoms with Gasteiger partial charge in [0, 0.05) is 13.0 Å². The Balaban J connectivity index is 4.18. The first kappa shape index (κ1) is 15.9. The number of unbranched alkanes of at least 4 members (excludes halogenated alkanes) is 1. The maximum Gasteiger partial charge on any atom is 0.328 e. The summed E-state index contributed by atoms with van der Waals surface area (Å²) in [6, 6.07) is -0.583. The summed E-state index contributed by atoms with van der Waals surface area (Å²) in [5.74, 6) is -0.617. The van der Waals surface area contributed by atoms with E-state index in [1.807, 2.05) is 0 Å². The molecule has 1 amide bonds. The average molecular weight is 245 g/mol. The van der Waals surface area contributed by atoms with Crippen LogP contribution in [-0.4, -0.2) is 37.6 Å². The Morgan fingerprint density at radius 2 is 1.94 bits per heavy atom. The molecular formula is C11H23N3O3. The van der Waals surface area contributed by atoms with Crippen LogP contribution in [0, 0.1) is 0 Å². The second-order valence-electron chi connectivity index (χ2n) is 3.70. The van der Waals surface area contributed by atoms with Gasteiger partial charge in [-0.05, 0) is 32.7 Å². The highest BCUT2D eigenvalue weighted by Crippen LogP contribution is 2.03. The van der Waals surface area contributed by atoms with Gasteiger partial charge in [-0.25, -0.2) is 4.79 Å². The van der Waals surface area contributed by atoms with E-state index >= 15 is 0 Å². The lowest BCUT2D eigenvalue weighted by molar-refractivity contribution is -0.147. The van der Waals surface area contributed by atoms with Crippen LogP contribution in [0.3, 0.4) is 0 Å². The summed E-state index contributed by atoms with van der Waals surface area (Å²) in [5, 5.41) is 2.63. The molecular weight excluding hydrogens is 222 g/mol. The number of carbonyl (C=O) groups excluding carboxylic acids is 2. The first-order valence-corrected chi connectivity index (χ1v) is 6.01. The van der Waals surface area contributed by atoms with Crippen molar-refractivity contribution < 1.29 is 14.3 Å². The summed E-state index contributed by atoms with van der Waals surface area (Å²) in [7, 11) is 0. The molecule has 1 atom stereocenters. The smallest absolute Gasteiger partial charge is 0.328 e. The third-order valence-corrected chi connectivity index (χ3v) is 2.22. The van der Waals surface area contributed by atoms with Crippen LogP contribution in [0.25, 0.3) is 0 Å². The Labute approximate surface area is 102 Å². The minimum Gasteiger partial charge on any atom is -0.464 e. The van der Waals surface area contributed by atoms with E-state index in [2.05, 4.69) is 5.32 Å². The molecule has 0 aliphatic carbocycles. The topological polar surface area (TPSA) is 107 Å². The van der Waals surface area contributed by atoms with Gasteiger partial charge in [-0.1, -0.05) is 0 Å². The number of carbonyl (C=O) groups is 2. The van der Waals surface area contributed by atoms with Crippen LogP contribution in [0.4, 0.5) is 0 Å². The molecule has 6 heteroatoms. The first-order valence-electron chi connectivity index (χ1n) is 6.01. The normalized spacial score (nSPS) is 11.9. The summed E-state index contributed by atoms with van der Waals surface area (Å²) in [5.41, 5.74) is 10.6. The van der Waals surface area contributed by atoms with Crippen molar-refractivity contribution in [2.75, 3.05) is 19.7 Å². The number of nitrogens with one attached hydrogen (secondary N) is 1. The molecule has 0 spiro atoms. The quantitative estimate of drug-likeness (QED) is 0.375. The fourth-order valence-electron chi connectivity index (χ4n) is 1.38. The van der Waals surface area contributed by atoms with E-state index < -0.39 is 12.0 Å². The van der Waals surface area contributed by atoms with Crippen molar-refractivity contribution in [3.8, 4) is 0 Å². The fraction of sp³-hybridized carbons (Fsp3) is 0.818. The van der Waals surface area contributed by atoms with Crippen molar-refractivity contribution in [2.24, 2.45) is 11.5 Å². The third-order valence-electron chi connectivity index (χ3n) is 2.22. The zero-order valence-corrected chi connectivity index (χ0v) is 10.4. The SMILES string of the molecule is CCOC(=O)[C@H](CCCCN)NC(=O)CCN. The zero-order chi connectivity index (χ0) is 13.1. The van der Waals surface area contributed by atoms with E-state index in [1.165, 1.54) is 0 Å². The number of ether oxygens (including phenoxy) is 1. The summed E-state index contributed by atoms with van der Waals surface area (Å²) in [4.78, 5) is 22.9. The van der Waals surface area contributed by atoms with Gasteiger partial charge < -0.3 is 21.5 Å². The monoisotopic (exact) mass is 245 g/mol. The summed E-state index contributed by atoms with van der Waals surface area (Å²) >= 11 is 0. The van der Waals surface area contributed by atoms with Gasteiger partial charge in [0.1, 0.15) is 6.04 Å². The molecule has 0 radical (unpaired) electrons. The summed E-state index contributed by atoms with van der Waals surface area (Å²) in [6.07, 6.45) is 2.37. The van der Waals surface area contributed by atoms with Crippen LogP contribution in [0.2, 0.25) is 0 Å². The predicted octanol–water partition coefficient (Wildman–Crippen LogP) is -0.488. The van der Waals surface area contributed by atoms with Crippen molar-refractivity contribution in [3.05, 3.63) is 0 Å². The molecule has 0 bridgehead atoms. The van der Waals surface area contributed by atoms with Gasteiger partial charge in [-0.3, -0.25) is 4.79 Å². The van der Waals surface area contributed by atoms with E-state index in [9.17, 15) is 9.59 Å². The van der Waals surface area contributed by atoms with Crippen LogP contribution >= 0.6 is 0 Å². The molecule has 17 heavy (non-hydrogen) atoms. The van der Waals surface area contributed by atoms with Crippen LogP contribution < -0.4 is 16.8 Å². The van der Waals surface area contributed by atoms with Crippen LogP contribution in [0.1, 0.15) is 32.6 Å². The van der Waals surface area contributed by atoms with Gasteiger partial charge >= 0.3 is 5.97 Å². The summed E-state index contributed by atoms with van der Waals surface area (Å²) < 4.78 is 4.90. The Bertz CT molecular complexity index is 234. The van der Waals surface area contributed by atoms with E-state index in [0.29, 0.717) is 19.6 Å². The number of hydrogen-bond acceptors (Lipinski definition) is 5. The van der Waals surface area contributed by atoms with Gasteiger partial charge in [0.15, 0.2) is 0 Å². The van der Waals surface area contributed by atoms with Gasteiger partial charge in [-0.15, -0.1) is 0 Å². The fourth-order valence-corrected chi connectivity index (χ4v) is 1.38. The van der Waals surface area contributed by atoms with E-state index in [1.54, 1.807) is 6.92 Å². The molecule has 0 saturated carbocycles.